The normalized spacial score (nSPS) is 17.7. The molecule has 1 aliphatic heterocycles. The number of benzene rings is 1. The average Bonchev–Trinajstić information content (AvgIpc) is 2.77. The second-order valence-electron chi connectivity index (χ2n) is 4.44. The number of nitro benzene ring substituents is 1. The van der Waals surface area contributed by atoms with Crippen molar-refractivity contribution in [1.29, 1.82) is 0 Å². The van der Waals surface area contributed by atoms with Crippen LogP contribution in [0.25, 0.3) is 0 Å². The van der Waals surface area contributed by atoms with Crippen LogP contribution in [0, 0.1) is 15.9 Å². The van der Waals surface area contributed by atoms with Crippen molar-refractivity contribution >= 4 is 29.7 Å². The summed E-state index contributed by atoms with van der Waals surface area (Å²) in [5.41, 5.74) is 10.1. The van der Waals surface area contributed by atoms with E-state index in [9.17, 15) is 19.3 Å². The Balaban J connectivity index is 0.00000200. The minimum atomic E-state index is -0.868. The highest BCUT2D eigenvalue weighted by atomic mass is 35.5. The molecule has 9 heteroatoms. The topological polar surface area (TPSA) is 115 Å². The van der Waals surface area contributed by atoms with E-state index in [2.05, 4.69) is 0 Å². The molecule has 2 rings (SSSR count). The molecular weight excluding hydrogens is 291 g/mol. The molecule has 0 radical (unpaired) electrons. The van der Waals surface area contributed by atoms with E-state index >= 15 is 0 Å². The summed E-state index contributed by atoms with van der Waals surface area (Å²) in [5, 5.41) is 10.7. The molecular formula is C11H14ClFN4O3. The third-order valence-corrected chi connectivity index (χ3v) is 3.06. The van der Waals surface area contributed by atoms with Crippen LogP contribution >= 0.6 is 12.4 Å². The van der Waals surface area contributed by atoms with Crippen LogP contribution in [-0.4, -0.2) is 34.9 Å². The fourth-order valence-electron chi connectivity index (χ4n) is 2.07. The minimum absolute atomic E-state index is 0. The zero-order valence-electron chi connectivity index (χ0n) is 10.4. The Morgan fingerprint density at radius 2 is 2.15 bits per heavy atom. The maximum absolute atomic E-state index is 13.3. The summed E-state index contributed by atoms with van der Waals surface area (Å²) in [6.07, 6.45) is 0.642. The van der Waals surface area contributed by atoms with Gasteiger partial charge in [0.25, 0.3) is 11.6 Å². The van der Waals surface area contributed by atoms with Gasteiger partial charge in [0.2, 0.25) is 0 Å². The summed E-state index contributed by atoms with van der Waals surface area (Å²) in [6.45, 7) is 0.770. The Morgan fingerprint density at radius 3 is 2.65 bits per heavy atom. The molecule has 0 spiro atoms. The molecule has 0 saturated carbocycles. The van der Waals surface area contributed by atoms with E-state index < -0.39 is 22.3 Å². The number of likely N-dealkylation sites (tertiary alicyclic amines) is 1. The van der Waals surface area contributed by atoms with E-state index in [4.69, 9.17) is 11.5 Å². The SMILES string of the molecule is Cl.Nc1c(C(=O)N2CC[C@@H](N)C2)cc(F)cc1[N+](=O)[O-]. The Kier molecular flexibility index (Phi) is 4.85. The van der Waals surface area contributed by atoms with Crippen LogP contribution in [0.2, 0.25) is 0 Å². The van der Waals surface area contributed by atoms with Gasteiger partial charge in [-0.2, -0.15) is 0 Å². The number of nitrogens with two attached hydrogens (primary N) is 2. The maximum Gasteiger partial charge on any atom is 0.295 e. The van der Waals surface area contributed by atoms with Gasteiger partial charge in [-0.15, -0.1) is 12.4 Å². The zero-order chi connectivity index (χ0) is 14.2. The van der Waals surface area contributed by atoms with Gasteiger partial charge in [0.1, 0.15) is 11.5 Å². The molecule has 1 aliphatic rings. The third-order valence-electron chi connectivity index (χ3n) is 3.06. The first kappa shape index (κ1) is 16.1. The lowest BCUT2D eigenvalue weighted by Gasteiger charge is -2.16. The van der Waals surface area contributed by atoms with Crippen molar-refractivity contribution in [2.75, 3.05) is 18.8 Å². The van der Waals surface area contributed by atoms with Gasteiger partial charge in [-0.3, -0.25) is 14.9 Å². The van der Waals surface area contributed by atoms with E-state index in [0.29, 0.717) is 25.6 Å². The number of nitrogen functional groups attached to an aromatic ring is 1. The first-order chi connectivity index (χ1) is 8.90. The molecule has 20 heavy (non-hydrogen) atoms. The molecule has 0 aliphatic carbocycles. The minimum Gasteiger partial charge on any atom is -0.393 e. The smallest absolute Gasteiger partial charge is 0.295 e. The van der Waals surface area contributed by atoms with Gasteiger partial charge in [0, 0.05) is 19.1 Å². The summed E-state index contributed by atoms with van der Waals surface area (Å²) in [4.78, 5) is 23.5. The summed E-state index contributed by atoms with van der Waals surface area (Å²) in [6, 6.07) is 1.48. The number of rotatable bonds is 2. The van der Waals surface area contributed by atoms with E-state index in [1.54, 1.807) is 0 Å². The molecule has 7 nitrogen and oxygen atoms in total. The molecule has 1 aromatic carbocycles. The first-order valence-electron chi connectivity index (χ1n) is 5.68. The molecule has 4 N–H and O–H groups in total. The fraction of sp³-hybridized carbons (Fsp3) is 0.364. The summed E-state index contributed by atoms with van der Waals surface area (Å²) in [7, 11) is 0. The van der Waals surface area contributed by atoms with Gasteiger partial charge in [0.05, 0.1) is 16.6 Å². The lowest BCUT2D eigenvalue weighted by Crippen LogP contribution is -2.32. The van der Waals surface area contributed by atoms with Crippen LogP contribution < -0.4 is 11.5 Å². The predicted octanol–water partition coefficient (Wildman–Crippen LogP) is 0.911. The van der Waals surface area contributed by atoms with E-state index in [0.717, 1.165) is 6.07 Å². The number of amides is 1. The van der Waals surface area contributed by atoms with Crippen molar-refractivity contribution < 1.29 is 14.1 Å². The van der Waals surface area contributed by atoms with Gasteiger partial charge in [-0.05, 0) is 12.5 Å². The number of anilines is 1. The lowest BCUT2D eigenvalue weighted by molar-refractivity contribution is -0.384. The number of hydrogen-bond acceptors (Lipinski definition) is 5. The van der Waals surface area contributed by atoms with Gasteiger partial charge in [-0.25, -0.2) is 4.39 Å². The van der Waals surface area contributed by atoms with Crippen molar-refractivity contribution in [3.63, 3.8) is 0 Å². The number of carbonyl (C=O) groups excluding carboxylic acids is 1. The molecule has 1 amide bonds. The van der Waals surface area contributed by atoms with Crippen LogP contribution in [-0.2, 0) is 0 Å². The van der Waals surface area contributed by atoms with Crippen LogP contribution in [0.15, 0.2) is 12.1 Å². The molecule has 1 aromatic rings. The molecule has 110 valence electrons. The lowest BCUT2D eigenvalue weighted by atomic mass is 10.1. The predicted molar refractivity (Wildman–Crippen MR) is 73.2 cm³/mol. The molecule has 0 bridgehead atoms. The van der Waals surface area contributed by atoms with Crippen molar-refractivity contribution in [3.8, 4) is 0 Å². The molecule has 1 heterocycles. The standard InChI is InChI=1S/C11H13FN4O3.ClH/c12-6-3-8(10(14)9(4-6)16(18)19)11(17)15-2-1-7(13)5-15;/h3-4,7H,1-2,5,13-14H2;1H/t7-;/m1./s1. The highest BCUT2D eigenvalue weighted by Gasteiger charge is 2.29. The summed E-state index contributed by atoms with van der Waals surface area (Å²) >= 11 is 0. The summed E-state index contributed by atoms with van der Waals surface area (Å²) in [5.74, 6) is -1.40. The Hall–Kier alpha value is -1.93. The second-order valence-corrected chi connectivity index (χ2v) is 4.44. The zero-order valence-corrected chi connectivity index (χ0v) is 11.2. The van der Waals surface area contributed by atoms with Crippen molar-refractivity contribution in [3.05, 3.63) is 33.6 Å². The average molecular weight is 305 g/mol. The number of carbonyl (C=O) groups is 1. The Bertz CT molecular complexity index is 555. The molecule has 1 saturated heterocycles. The van der Waals surface area contributed by atoms with Gasteiger partial charge >= 0.3 is 0 Å². The number of hydrogen-bond donors (Lipinski definition) is 2. The van der Waals surface area contributed by atoms with E-state index in [1.165, 1.54) is 4.90 Å². The molecule has 1 fully saturated rings. The Labute approximate surface area is 120 Å². The van der Waals surface area contributed by atoms with Crippen LogP contribution in [0.5, 0.6) is 0 Å². The summed E-state index contributed by atoms with van der Waals surface area (Å²) < 4.78 is 13.3. The molecule has 0 aromatic heterocycles. The van der Waals surface area contributed by atoms with E-state index in [-0.39, 0.29) is 29.7 Å². The van der Waals surface area contributed by atoms with Crippen molar-refractivity contribution in [1.82, 2.24) is 4.90 Å². The van der Waals surface area contributed by atoms with Crippen molar-refractivity contribution in [2.24, 2.45) is 5.73 Å². The monoisotopic (exact) mass is 304 g/mol. The van der Waals surface area contributed by atoms with E-state index in [1.807, 2.05) is 0 Å². The largest absolute Gasteiger partial charge is 0.393 e. The second kappa shape index (κ2) is 6.02. The van der Waals surface area contributed by atoms with Gasteiger partial charge in [0.15, 0.2) is 0 Å². The fourth-order valence-corrected chi connectivity index (χ4v) is 2.07. The van der Waals surface area contributed by atoms with Crippen molar-refractivity contribution in [2.45, 2.75) is 12.5 Å². The highest BCUT2D eigenvalue weighted by Crippen LogP contribution is 2.28. The number of nitro groups is 1. The van der Waals surface area contributed by atoms with Gasteiger partial charge < -0.3 is 16.4 Å². The highest BCUT2D eigenvalue weighted by molar-refractivity contribution is 6.01. The maximum atomic E-state index is 13.3. The van der Waals surface area contributed by atoms with Crippen LogP contribution in [0.1, 0.15) is 16.8 Å². The number of nitrogens with zero attached hydrogens (tertiary/aromatic N) is 2. The van der Waals surface area contributed by atoms with Gasteiger partial charge in [-0.1, -0.05) is 0 Å². The van der Waals surface area contributed by atoms with Crippen LogP contribution in [0.4, 0.5) is 15.8 Å². The quantitative estimate of drug-likeness (QED) is 0.478. The van der Waals surface area contributed by atoms with Crippen LogP contribution in [0.3, 0.4) is 0 Å². The molecule has 0 unspecified atom stereocenters. The Morgan fingerprint density at radius 1 is 1.50 bits per heavy atom. The first-order valence-corrected chi connectivity index (χ1v) is 5.68. The molecule has 1 atom stereocenters. The number of halogens is 2. The third kappa shape index (κ3) is 2.97.